The molecular weight excluding hydrogens is 470 g/mol. The highest BCUT2D eigenvalue weighted by atomic mass is 127. The van der Waals surface area contributed by atoms with Gasteiger partial charge in [0.15, 0.2) is 5.82 Å². The molecule has 0 aliphatic carbocycles. The van der Waals surface area contributed by atoms with Crippen LogP contribution in [0.15, 0.2) is 23.2 Å². The van der Waals surface area contributed by atoms with Crippen LogP contribution in [-0.2, 0) is 4.74 Å². The fourth-order valence-electron chi connectivity index (χ4n) is 2.87. The van der Waals surface area contributed by atoms with E-state index in [2.05, 4.69) is 82.8 Å². The third-order valence-electron chi connectivity index (χ3n) is 3.94. The molecule has 0 spiro atoms. The highest BCUT2D eigenvalue weighted by Crippen LogP contribution is 2.44. The third kappa shape index (κ3) is 2.07. The molecule has 0 aromatic rings. The first-order valence-corrected chi connectivity index (χ1v) is 8.40. The predicted octanol–water partition coefficient (Wildman–Crippen LogP) is 2.53. The van der Waals surface area contributed by atoms with Crippen molar-refractivity contribution in [1.82, 2.24) is 16.0 Å². The van der Waals surface area contributed by atoms with Gasteiger partial charge in [0.25, 0.3) is 0 Å². The summed E-state index contributed by atoms with van der Waals surface area (Å²) in [5.41, 5.74) is 1.36. The fraction of sp³-hybridized carbons (Fsp3) is 0.667. The topological polar surface area (TPSA) is 22.2 Å². The molecule has 7 heteroatoms. The lowest BCUT2D eigenvalue weighted by Crippen LogP contribution is -2.48. The fourth-order valence-corrected chi connectivity index (χ4v) is 5.11. The molecule has 3 aliphatic heterocycles. The molecule has 0 radical (unpaired) electrons. The molecule has 3 aliphatic rings. The van der Waals surface area contributed by atoms with E-state index in [4.69, 9.17) is 4.74 Å². The Hall–Kier alpha value is -0.0600. The van der Waals surface area contributed by atoms with E-state index in [1.165, 1.54) is 17.9 Å². The minimum atomic E-state index is 0.563. The molecule has 0 aromatic carbocycles. The highest BCUT2D eigenvalue weighted by molar-refractivity contribution is 14.1. The summed E-state index contributed by atoms with van der Waals surface area (Å²) in [6.45, 7) is 5.10. The van der Waals surface area contributed by atoms with E-state index in [-0.39, 0.29) is 0 Å². The number of halogens is 2. The number of likely N-dealkylation sites (N-methyl/N-ethyl adjacent to an activating group) is 1. The maximum atomic E-state index is 5.93. The zero-order valence-corrected chi connectivity index (χ0v) is 15.7. The Kier molecular flexibility index (Phi) is 3.69. The summed E-state index contributed by atoms with van der Waals surface area (Å²) >= 11 is 4.82. The van der Waals surface area contributed by atoms with E-state index in [1.807, 2.05) is 0 Å². The molecule has 1 unspecified atom stereocenters. The highest BCUT2D eigenvalue weighted by Gasteiger charge is 2.41. The van der Waals surface area contributed by atoms with Crippen LogP contribution in [0.25, 0.3) is 0 Å². The molecule has 0 aromatic heterocycles. The molecule has 3 heterocycles. The summed E-state index contributed by atoms with van der Waals surface area (Å²) in [5.74, 6) is 4.00. The van der Waals surface area contributed by atoms with E-state index in [0.29, 0.717) is 5.92 Å². The van der Waals surface area contributed by atoms with Crippen molar-refractivity contribution in [2.45, 2.75) is 13.3 Å². The minimum absolute atomic E-state index is 0.563. The quantitative estimate of drug-likeness (QED) is 0.386. The van der Waals surface area contributed by atoms with Crippen LogP contribution in [0.5, 0.6) is 0 Å². The molecule has 1 atom stereocenters. The average Bonchev–Trinajstić information content (AvgIpc) is 2.38. The summed E-state index contributed by atoms with van der Waals surface area (Å²) in [6, 6.07) is 0. The van der Waals surface area contributed by atoms with Gasteiger partial charge in [0, 0.05) is 26.6 Å². The smallest absolute Gasteiger partial charge is 0.236 e. The van der Waals surface area contributed by atoms with Crippen LogP contribution in [0.2, 0.25) is 0 Å². The Morgan fingerprint density at radius 2 is 1.89 bits per heavy atom. The molecule has 0 fully saturated rings. The van der Waals surface area contributed by atoms with Gasteiger partial charge in [-0.15, -0.1) is 0 Å². The molecule has 106 valence electrons. The molecule has 0 saturated heterocycles. The van der Waals surface area contributed by atoms with Crippen LogP contribution in [0.3, 0.4) is 0 Å². The molecule has 3 rings (SSSR count). The monoisotopic (exact) mass is 488 g/mol. The van der Waals surface area contributed by atoms with E-state index in [9.17, 15) is 0 Å². The van der Waals surface area contributed by atoms with Crippen molar-refractivity contribution in [1.29, 1.82) is 0 Å². The Bertz CT molecular complexity index is 465. The number of ether oxygens (including phenoxy) is 1. The van der Waals surface area contributed by atoms with Gasteiger partial charge in [0.2, 0.25) is 5.88 Å². The van der Waals surface area contributed by atoms with Gasteiger partial charge in [0.1, 0.15) is 12.4 Å². The van der Waals surface area contributed by atoms with Crippen LogP contribution in [-0.4, -0.2) is 49.8 Å². The predicted molar refractivity (Wildman–Crippen MR) is 90.8 cm³/mol. The first-order valence-electron chi connectivity index (χ1n) is 6.47. The van der Waals surface area contributed by atoms with Gasteiger partial charge in [-0.2, -0.15) is 0 Å². The lowest BCUT2D eigenvalue weighted by molar-refractivity contribution is 0.0565. The summed E-state index contributed by atoms with van der Waals surface area (Å²) in [5, 5.41) is 0. The van der Waals surface area contributed by atoms with Crippen molar-refractivity contribution >= 4 is 45.7 Å². The second kappa shape index (κ2) is 5.05. The molecule has 0 N–H and O–H groups in total. The van der Waals surface area contributed by atoms with Crippen LogP contribution in [0.1, 0.15) is 13.3 Å². The third-order valence-corrected chi connectivity index (χ3v) is 5.79. The summed E-state index contributed by atoms with van der Waals surface area (Å²) < 4.78 is 10.5. The maximum absolute atomic E-state index is 5.93. The normalized spacial score (nSPS) is 27.5. The Morgan fingerprint density at radius 1 is 1.16 bits per heavy atom. The van der Waals surface area contributed by atoms with Crippen molar-refractivity contribution in [3.05, 3.63) is 23.2 Å². The van der Waals surface area contributed by atoms with Crippen molar-refractivity contribution in [3.63, 3.8) is 0 Å². The standard InChI is InChI=1S/C12H18I2N4O/c1-8-4-5-17(13)10-9(8)16(3)12-11(18(10)14)15(2)6-7-19-12/h8H,4-7H2,1-3H3. The van der Waals surface area contributed by atoms with Gasteiger partial charge < -0.3 is 14.5 Å². The molecule has 0 bridgehead atoms. The Labute approximate surface area is 142 Å². The van der Waals surface area contributed by atoms with Gasteiger partial charge >= 0.3 is 0 Å². The molecule has 0 amide bonds. The van der Waals surface area contributed by atoms with Gasteiger partial charge in [-0.25, -0.2) is 3.11 Å². The molecule has 19 heavy (non-hydrogen) atoms. The van der Waals surface area contributed by atoms with Crippen molar-refractivity contribution in [2.24, 2.45) is 5.92 Å². The number of rotatable bonds is 0. The van der Waals surface area contributed by atoms with E-state index < -0.39 is 0 Å². The zero-order chi connectivity index (χ0) is 13.7. The summed E-state index contributed by atoms with van der Waals surface area (Å²) in [6.07, 6.45) is 1.19. The lowest BCUT2D eigenvalue weighted by atomic mass is 9.98. The van der Waals surface area contributed by atoms with Gasteiger partial charge in [-0.3, -0.25) is 3.11 Å². The number of nitrogens with zero attached hydrogens (tertiary/aromatic N) is 4. The lowest BCUT2D eigenvalue weighted by Gasteiger charge is -2.48. The van der Waals surface area contributed by atoms with E-state index in [1.54, 1.807) is 0 Å². The van der Waals surface area contributed by atoms with E-state index in [0.717, 1.165) is 31.4 Å². The minimum Gasteiger partial charge on any atom is -0.474 e. The van der Waals surface area contributed by atoms with Crippen molar-refractivity contribution in [3.8, 4) is 0 Å². The largest absolute Gasteiger partial charge is 0.474 e. The van der Waals surface area contributed by atoms with Crippen LogP contribution in [0.4, 0.5) is 0 Å². The number of allylic oxidation sites excluding steroid dienone is 1. The van der Waals surface area contributed by atoms with Crippen LogP contribution >= 0.6 is 45.7 Å². The molecular formula is C12H18I2N4O. The number of hydrogen-bond acceptors (Lipinski definition) is 5. The zero-order valence-electron chi connectivity index (χ0n) is 11.4. The van der Waals surface area contributed by atoms with Gasteiger partial charge in [0.05, 0.1) is 58.0 Å². The van der Waals surface area contributed by atoms with Gasteiger partial charge in [-0.05, 0) is 6.42 Å². The van der Waals surface area contributed by atoms with E-state index >= 15 is 0 Å². The van der Waals surface area contributed by atoms with Crippen LogP contribution < -0.4 is 0 Å². The van der Waals surface area contributed by atoms with Gasteiger partial charge in [-0.1, -0.05) is 6.92 Å². The van der Waals surface area contributed by atoms with Crippen LogP contribution in [0, 0.1) is 5.92 Å². The first-order chi connectivity index (χ1) is 9.02. The molecule has 5 nitrogen and oxygen atoms in total. The molecule has 0 saturated carbocycles. The van der Waals surface area contributed by atoms with Crippen molar-refractivity contribution < 1.29 is 4.74 Å². The first kappa shape index (κ1) is 13.9. The average molecular weight is 488 g/mol. The Balaban J connectivity index is 2.10. The SMILES string of the molecule is CC1CCN(I)C2=C1N(C)C1=C(N(C)CCO1)N2I. The second-order valence-corrected chi connectivity index (χ2v) is 7.35. The maximum Gasteiger partial charge on any atom is 0.236 e. The number of hydrogen-bond donors (Lipinski definition) is 0. The Morgan fingerprint density at radius 3 is 2.63 bits per heavy atom. The van der Waals surface area contributed by atoms with Crippen molar-refractivity contribution in [2.75, 3.05) is 33.8 Å². The summed E-state index contributed by atoms with van der Waals surface area (Å²) in [4.78, 5) is 4.51. The second-order valence-electron chi connectivity index (χ2n) is 5.22. The summed E-state index contributed by atoms with van der Waals surface area (Å²) in [7, 11) is 4.26.